The quantitative estimate of drug-likeness (QED) is 0.0199. The molecule has 1 unspecified atom stereocenters. The molecule has 0 fully saturated rings. The lowest BCUT2D eigenvalue weighted by Gasteiger charge is -2.18. The Morgan fingerprint density at radius 1 is 0.324 bits per heavy atom. The lowest BCUT2D eigenvalue weighted by Crippen LogP contribution is -2.30. The van der Waals surface area contributed by atoms with Gasteiger partial charge in [0.05, 0.1) is 0 Å². The molecule has 0 saturated carbocycles. The van der Waals surface area contributed by atoms with Crippen molar-refractivity contribution in [1.82, 2.24) is 0 Å². The summed E-state index contributed by atoms with van der Waals surface area (Å²) in [6.45, 7) is 6.27. The molecule has 0 radical (unpaired) electrons. The SMILES string of the molecule is CC\C=C/C=C\C=C/C=C\C=C/CCCCCC(=O)OCC(COC(=O)CCCCCCCCC/C=C\CCCCCCCCCC)OC(=O)CC/C=C\C/C=C\C/C=C\C/C=C\C/C=C\CC. The molecule has 0 N–H and O–H groups in total. The predicted octanol–water partition coefficient (Wildman–Crippen LogP) is 18.3. The van der Waals surface area contributed by atoms with E-state index in [0.29, 0.717) is 19.3 Å². The van der Waals surface area contributed by atoms with Gasteiger partial charge in [0.15, 0.2) is 6.10 Å². The maximum Gasteiger partial charge on any atom is 0.306 e. The number of carbonyl (C=O) groups excluding carboxylic acids is 3. The van der Waals surface area contributed by atoms with Crippen LogP contribution in [0, 0.1) is 0 Å². The van der Waals surface area contributed by atoms with Crippen molar-refractivity contribution in [2.24, 2.45) is 0 Å². The highest BCUT2D eigenvalue weighted by molar-refractivity contribution is 5.71. The Balaban J connectivity index is 4.56. The zero-order chi connectivity index (χ0) is 49.3. The van der Waals surface area contributed by atoms with Gasteiger partial charge in [-0.3, -0.25) is 14.4 Å². The fourth-order valence-corrected chi connectivity index (χ4v) is 6.98. The second kappa shape index (κ2) is 55.1. The molecule has 0 rings (SSSR count). The van der Waals surface area contributed by atoms with Crippen molar-refractivity contribution in [1.29, 1.82) is 0 Å². The zero-order valence-electron chi connectivity index (χ0n) is 43.6. The fraction of sp³-hybridized carbons (Fsp3) is 0.597. The summed E-state index contributed by atoms with van der Waals surface area (Å²) < 4.78 is 16.7. The van der Waals surface area contributed by atoms with E-state index in [1.54, 1.807) is 0 Å². The van der Waals surface area contributed by atoms with Crippen LogP contribution in [0.3, 0.4) is 0 Å². The van der Waals surface area contributed by atoms with Crippen LogP contribution in [0.4, 0.5) is 0 Å². The molecule has 6 nitrogen and oxygen atoms in total. The third-order valence-corrected chi connectivity index (χ3v) is 11.0. The van der Waals surface area contributed by atoms with Crippen LogP contribution in [-0.4, -0.2) is 37.2 Å². The molecule has 0 aliphatic heterocycles. The first-order valence-electron chi connectivity index (χ1n) is 27.3. The number of carbonyl (C=O) groups is 3. The Bertz CT molecular complexity index is 1500. The summed E-state index contributed by atoms with van der Waals surface area (Å²) in [5, 5.41) is 0. The van der Waals surface area contributed by atoms with E-state index in [1.807, 2.05) is 60.8 Å². The van der Waals surface area contributed by atoms with Gasteiger partial charge in [-0.2, -0.15) is 0 Å². The van der Waals surface area contributed by atoms with Crippen molar-refractivity contribution in [3.63, 3.8) is 0 Å². The van der Waals surface area contributed by atoms with Crippen molar-refractivity contribution in [3.05, 3.63) is 134 Å². The number of rotatable bonds is 47. The molecule has 0 spiro atoms. The second-order valence-electron chi connectivity index (χ2n) is 17.5. The minimum Gasteiger partial charge on any atom is -0.462 e. The smallest absolute Gasteiger partial charge is 0.306 e. The van der Waals surface area contributed by atoms with E-state index in [2.05, 4.69) is 93.7 Å². The average molecular weight is 939 g/mol. The molecule has 0 saturated heterocycles. The average Bonchev–Trinajstić information content (AvgIpc) is 3.34. The largest absolute Gasteiger partial charge is 0.462 e. The Labute approximate surface area is 417 Å². The number of ether oxygens (including phenoxy) is 3. The van der Waals surface area contributed by atoms with Gasteiger partial charge in [-0.15, -0.1) is 0 Å². The van der Waals surface area contributed by atoms with Gasteiger partial charge < -0.3 is 14.2 Å². The number of hydrogen-bond donors (Lipinski definition) is 0. The highest BCUT2D eigenvalue weighted by Crippen LogP contribution is 2.13. The first-order valence-corrected chi connectivity index (χ1v) is 27.3. The van der Waals surface area contributed by atoms with Crippen LogP contribution in [0.2, 0.25) is 0 Å². The molecule has 0 aliphatic rings. The number of hydrogen-bond acceptors (Lipinski definition) is 6. The highest BCUT2D eigenvalue weighted by atomic mass is 16.6. The van der Waals surface area contributed by atoms with Gasteiger partial charge in [-0.05, 0) is 96.3 Å². The standard InChI is InChI=1S/C62H98O6/c1-4-7-10-13-16-19-22-25-28-30-31-32-35-37-40-43-46-49-52-55-61(64)67-58-59(57-66-60(63)54-51-48-45-42-39-36-33-27-24-21-18-15-12-9-6-3)68-62(65)56-53-50-47-44-41-38-34-29-26-23-20-17-14-11-8-5-2/h8-9,11-12,15,17-18,20-21,24,26-27,29-31,33,36,38-39,41,47,50,59H,4-7,10,13-14,16,19,22-23,25,28,32,34-35,37,40,42-46,48-49,51-58H2,1-3H3/b11-8-,12-9-,18-15-,20-17-,24-21-,29-26-,31-30-,33-27-,39-36-,41-38-,50-47-. The first-order chi connectivity index (χ1) is 33.5. The maximum absolute atomic E-state index is 12.8. The Morgan fingerprint density at radius 3 is 1.15 bits per heavy atom. The Morgan fingerprint density at radius 2 is 0.676 bits per heavy atom. The van der Waals surface area contributed by atoms with Gasteiger partial charge in [0, 0.05) is 19.3 Å². The van der Waals surface area contributed by atoms with Crippen molar-refractivity contribution >= 4 is 17.9 Å². The van der Waals surface area contributed by atoms with Crippen LogP contribution in [0.25, 0.3) is 0 Å². The molecule has 0 aromatic heterocycles. The van der Waals surface area contributed by atoms with Crippen LogP contribution >= 0.6 is 0 Å². The molecule has 68 heavy (non-hydrogen) atoms. The number of allylic oxidation sites excluding steroid dienone is 22. The molecule has 0 aliphatic carbocycles. The van der Waals surface area contributed by atoms with Gasteiger partial charge in [-0.25, -0.2) is 0 Å². The van der Waals surface area contributed by atoms with Crippen LogP contribution in [0.1, 0.15) is 220 Å². The second-order valence-corrected chi connectivity index (χ2v) is 17.5. The summed E-state index contributed by atoms with van der Waals surface area (Å²) in [5.41, 5.74) is 0. The Kier molecular flexibility index (Phi) is 51.5. The topological polar surface area (TPSA) is 78.9 Å². The van der Waals surface area contributed by atoms with Crippen LogP contribution < -0.4 is 0 Å². The van der Waals surface area contributed by atoms with E-state index < -0.39 is 12.1 Å². The summed E-state index contributed by atoms with van der Waals surface area (Å²) in [6, 6.07) is 0. The van der Waals surface area contributed by atoms with Crippen molar-refractivity contribution in [2.75, 3.05) is 13.2 Å². The van der Waals surface area contributed by atoms with Crippen LogP contribution in [0.15, 0.2) is 134 Å². The van der Waals surface area contributed by atoms with Gasteiger partial charge in [0.25, 0.3) is 0 Å². The molecule has 0 bridgehead atoms. The lowest BCUT2D eigenvalue weighted by atomic mass is 10.1. The molecule has 1 atom stereocenters. The third kappa shape index (κ3) is 52.5. The van der Waals surface area contributed by atoms with E-state index in [4.69, 9.17) is 14.2 Å². The molecular weight excluding hydrogens is 841 g/mol. The molecule has 0 heterocycles. The van der Waals surface area contributed by atoms with E-state index >= 15 is 0 Å². The summed E-state index contributed by atoms with van der Waals surface area (Å²) in [7, 11) is 0. The predicted molar refractivity (Wildman–Crippen MR) is 292 cm³/mol. The summed E-state index contributed by atoms with van der Waals surface area (Å²) >= 11 is 0. The fourth-order valence-electron chi connectivity index (χ4n) is 6.98. The zero-order valence-corrected chi connectivity index (χ0v) is 43.6. The van der Waals surface area contributed by atoms with Crippen molar-refractivity contribution < 1.29 is 28.6 Å². The third-order valence-electron chi connectivity index (χ3n) is 11.0. The normalized spacial score (nSPS) is 13.2. The molecule has 0 aromatic carbocycles. The minimum atomic E-state index is -0.842. The van der Waals surface area contributed by atoms with Crippen LogP contribution in [-0.2, 0) is 28.6 Å². The first kappa shape index (κ1) is 63.5. The number of esters is 3. The molecule has 382 valence electrons. The van der Waals surface area contributed by atoms with Crippen LogP contribution in [0.5, 0.6) is 0 Å². The van der Waals surface area contributed by atoms with Gasteiger partial charge in [-0.1, -0.05) is 238 Å². The molecule has 6 heteroatoms. The van der Waals surface area contributed by atoms with Gasteiger partial charge in [0.1, 0.15) is 13.2 Å². The minimum absolute atomic E-state index is 0.128. The molecular formula is C62H98O6. The summed E-state index contributed by atoms with van der Waals surface area (Å²) in [4.78, 5) is 38.0. The van der Waals surface area contributed by atoms with Gasteiger partial charge >= 0.3 is 17.9 Å². The molecule has 0 aromatic rings. The van der Waals surface area contributed by atoms with E-state index in [0.717, 1.165) is 77.0 Å². The van der Waals surface area contributed by atoms with Crippen molar-refractivity contribution in [2.45, 2.75) is 226 Å². The van der Waals surface area contributed by atoms with E-state index in [1.165, 1.54) is 89.9 Å². The lowest BCUT2D eigenvalue weighted by molar-refractivity contribution is -0.166. The van der Waals surface area contributed by atoms with E-state index in [9.17, 15) is 14.4 Å². The Hall–Kier alpha value is -4.45. The van der Waals surface area contributed by atoms with Gasteiger partial charge in [0.2, 0.25) is 0 Å². The highest BCUT2D eigenvalue weighted by Gasteiger charge is 2.19. The van der Waals surface area contributed by atoms with Crippen molar-refractivity contribution in [3.8, 4) is 0 Å². The molecule has 0 amide bonds. The summed E-state index contributed by atoms with van der Waals surface area (Å²) in [5.74, 6) is -1.07. The summed E-state index contributed by atoms with van der Waals surface area (Å²) in [6.07, 6.45) is 77.4. The number of unbranched alkanes of at least 4 members (excludes halogenated alkanes) is 18. The van der Waals surface area contributed by atoms with E-state index in [-0.39, 0.29) is 38.0 Å². The monoisotopic (exact) mass is 939 g/mol. The maximum atomic E-state index is 12.8.